The highest BCUT2D eigenvalue weighted by atomic mass is 35.5. The number of aromatic amines is 1. The Morgan fingerprint density at radius 1 is 1.27 bits per heavy atom. The molecule has 0 aliphatic carbocycles. The van der Waals surface area contributed by atoms with Gasteiger partial charge in [-0.1, -0.05) is 24.3 Å². The monoisotopic (exact) mass is 374 g/mol. The molecule has 0 spiro atoms. The molecule has 0 bridgehead atoms. The summed E-state index contributed by atoms with van der Waals surface area (Å²) in [6.07, 6.45) is 5.01. The first-order chi connectivity index (χ1) is 12.1. The average molecular weight is 375 g/mol. The van der Waals surface area contributed by atoms with Gasteiger partial charge in [0.05, 0.1) is 6.20 Å². The minimum Gasteiger partial charge on any atom is -0.342 e. The van der Waals surface area contributed by atoms with Gasteiger partial charge in [0, 0.05) is 44.2 Å². The van der Waals surface area contributed by atoms with Crippen molar-refractivity contribution in [3.05, 3.63) is 53.3 Å². The van der Waals surface area contributed by atoms with Crippen molar-refractivity contribution in [3.8, 4) is 0 Å². The van der Waals surface area contributed by atoms with Gasteiger partial charge in [0.25, 0.3) is 0 Å². The minimum absolute atomic E-state index is 0. The molecule has 1 amide bonds. The quantitative estimate of drug-likeness (QED) is 0.895. The van der Waals surface area contributed by atoms with E-state index in [9.17, 15) is 4.79 Å². The lowest BCUT2D eigenvalue weighted by Crippen LogP contribution is -2.33. The lowest BCUT2D eigenvalue weighted by Gasteiger charge is -2.28. The van der Waals surface area contributed by atoms with Gasteiger partial charge in [-0.25, -0.2) is 0 Å². The molecule has 2 aliphatic rings. The van der Waals surface area contributed by atoms with Crippen molar-refractivity contribution in [2.75, 3.05) is 26.7 Å². The zero-order valence-corrected chi connectivity index (χ0v) is 16.2. The van der Waals surface area contributed by atoms with Gasteiger partial charge >= 0.3 is 0 Å². The van der Waals surface area contributed by atoms with E-state index in [1.165, 1.54) is 11.1 Å². The summed E-state index contributed by atoms with van der Waals surface area (Å²) in [5.74, 6) is 1.42. The minimum atomic E-state index is 0. The number of hydrogen-bond acceptors (Lipinski definition) is 3. The normalized spacial score (nSPS) is 25.2. The fraction of sp³-hybridized carbons (Fsp3) is 0.500. The second-order valence-electron chi connectivity index (χ2n) is 7.57. The number of nitrogens with one attached hydrogen (secondary N) is 1. The number of carbonyl (C=O) groups excluding carboxylic acids is 1. The molecule has 6 heteroatoms. The van der Waals surface area contributed by atoms with E-state index in [-0.39, 0.29) is 18.3 Å². The fourth-order valence-corrected chi connectivity index (χ4v) is 4.67. The Morgan fingerprint density at radius 3 is 2.81 bits per heavy atom. The van der Waals surface area contributed by atoms with Crippen molar-refractivity contribution in [1.29, 1.82) is 0 Å². The molecule has 140 valence electrons. The Morgan fingerprint density at radius 2 is 2.08 bits per heavy atom. The third-order valence-corrected chi connectivity index (χ3v) is 5.94. The standard InChI is InChI=1S/C20H26N4O.ClH/c1-14-5-3-4-6-17(14)20-18-13-24(12-16(18)11-23(20)2)19(25)8-7-15-9-21-22-10-15;/h3-6,9-10,16,18,20H,7-8,11-13H2,1-2H3,(H,21,22);1H/t16-,18+,20-;/m0./s1. The van der Waals surface area contributed by atoms with E-state index in [2.05, 4.69) is 58.2 Å². The molecule has 1 aromatic heterocycles. The van der Waals surface area contributed by atoms with Crippen molar-refractivity contribution in [1.82, 2.24) is 20.0 Å². The topological polar surface area (TPSA) is 52.2 Å². The summed E-state index contributed by atoms with van der Waals surface area (Å²) in [6.45, 7) is 5.06. The van der Waals surface area contributed by atoms with Crippen LogP contribution in [0.2, 0.25) is 0 Å². The van der Waals surface area contributed by atoms with Crippen LogP contribution in [-0.4, -0.2) is 52.6 Å². The van der Waals surface area contributed by atoms with Crippen LogP contribution in [0.25, 0.3) is 0 Å². The molecule has 3 heterocycles. The van der Waals surface area contributed by atoms with Gasteiger partial charge in [-0.2, -0.15) is 5.10 Å². The van der Waals surface area contributed by atoms with Crippen LogP contribution in [0.5, 0.6) is 0 Å². The summed E-state index contributed by atoms with van der Waals surface area (Å²) in [5.41, 5.74) is 3.88. The summed E-state index contributed by atoms with van der Waals surface area (Å²) < 4.78 is 0. The Bertz CT molecular complexity index is 748. The summed E-state index contributed by atoms with van der Waals surface area (Å²) in [5, 5.41) is 6.76. The van der Waals surface area contributed by atoms with Crippen molar-refractivity contribution in [2.24, 2.45) is 11.8 Å². The maximum Gasteiger partial charge on any atom is 0.222 e. The molecule has 2 saturated heterocycles. The van der Waals surface area contributed by atoms with E-state index in [0.29, 0.717) is 24.3 Å². The van der Waals surface area contributed by atoms with Gasteiger partial charge in [0.2, 0.25) is 5.91 Å². The second kappa shape index (κ2) is 7.80. The van der Waals surface area contributed by atoms with Crippen molar-refractivity contribution in [3.63, 3.8) is 0 Å². The Labute approximate surface area is 161 Å². The van der Waals surface area contributed by atoms with Crippen LogP contribution in [0.15, 0.2) is 36.7 Å². The molecule has 0 saturated carbocycles. The molecule has 26 heavy (non-hydrogen) atoms. The number of likely N-dealkylation sites (tertiary alicyclic amines) is 2. The molecule has 1 N–H and O–H groups in total. The molecule has 0 radical (unpaired) electrons. The van der Waals surface area contributed by atoms with E-state index >= 15 is 0 Å². The van der Waals surface area contributed by atoms with Gasteiger partial charge in [0.1, 0.15) is 0 Å². The summed E-state index contributed by atoms with van der Waals surface area (Å²) in [7, 11) is 2.22. The molecule has 0 unspecified atom stereocenters. The highest BCUT2D eigenvalue weighted by Crippen LogP contribution is 2.44. The molecular formula is C20H27ClN4O. The van der Waals surface area contributed by atoms with Crippen LogP contribution in [0.3, 0.4) is 0 Å². The van der Waals surface area contributed by atoms with Gasteiger partial charge in [-0.05, 0) is 43.0 Å². The number of nitrogens with zero attached hydrogens (tertiary/aromatic N) is 3. The first kappa shape index (κ1) is 18.9. The number of H-pyrrole nitrogens is 1. The summed E-state index contributed by atoms with van der Waals surface area (Å²) in [4.78, 5) is 17.2. The number of carbonyl (C=O) groups is 1. The number of fused-ring (bicyclic) bond motifs is 1. The van der Waals surface area contributed by atoms with Crippen LogP contribution in [0.4, 0.5) is 0 Å². The smallest absolute Gasteiger partial charge is 0.222 e. The number of aromatic nitrogens is 2. The van der Waals surface area contributed by atoms with Crippen LogP contribution < -0.4 is 0 Å². The van der Waals surface area contributed by atoms with E-state index in [1.807, 2.05) is 6.20 Å². The lowest BCUT2D eigenvalue weighted by molar-refractivity contribution is -0.130. The van der Waals surface area contributed by atoms with Crippen molar-refractivity contribution in [2.45, 2.75) is 25.8 Å². The molecule has 1 aromatic carbocycles. The largest absolute Gasteiger partial charge is 0.342 e. The van der Waals surface area contributed by atoms with E-state index in [0.717, 1.165) is 31.6 Å². The molecular weight excluding hydrogens is 348 g/mol. The van der Waals surface area contributed by atoms with Crippen LogP contribution in [0.1, 0.15) is 29.2 Å². The van der Waals surface area contributed by atoms with E-state index in [4.69, 9.17) is 0 Å². The van der Waals surface area contributed by atoms with Gasteiger partial charge in [-0.15, -0.1) is 12.4 Å². The van der Waals surface area contributed by atoms with Crippen LogP contribution in [0, 0.1) is 18.8 Å². The first-order valence-electron chi connectivity index (χ1n) is 9.14. The number of aryl methyl sites for hydroxylation is 2. The van der Waals surface area contributed by atoms with Crippen molar-refractivity contribution >= 4 is 18.3 Å². The maximum absolute atomic E-state index is 12.6. The zero-order chi connectivity index (χ0) is 17.4. The number of benzene rings is 1. The maximum atomic E-state index is 12.6. The number of halogens is 1. The SMILES string of the molecule is Cc1ccccc1[C@H]1[C@@H]2CN(C(=O)CCc3cn[nH]c3)C[C@@H]2CN1C.Cl. The van der Waals surface area contributed by atoms with Crippen LogP contribution in [-0.2, 0) is 11.2 Å². The van der Waals surface area contributed by atoms with Crippen molar-refractivity contribution < 1.29 is 4.79 Å². The first-order valence-corrected chi connectivity index (χ1v) is 9.14. The highest BCUT2D eigenvalue weighted by molar-refractivity contribution is 5.85. The number of hydrogen-bond donors (Lipinski definition) is 1. The average Bonchev–Trinajstić information content (AvgIpc) is 3.30. The predicted molar refractivity (Wildman–Crippen MR) is 104 cm³/mol. The van der Waals surface area contributed by atoms with Gasteiger partial charge in [0.15, 0.2) is 0 Å². The van der Waals surface area contributed by atoms with E-state index in [1.54, 1.807) is 6.20 Å². The molecule has 4 rings (SSSR count). The molecule has 2 fully saturated rings. The van der Waals surface area contributed by atoms with Crippen LogP contribution >= 0.6 is 12.4 Å². The van der Waals surface area contributed by atoms with Gasteiger partial charge in [-0.3, -0.25) is 14.8 Å². The molecule has 3 atom stereocenters. The Kier molecular flexibility index (Phi) is 5.68. The Hall–Kier alpha value is -1.85. The third kappa shape index (κ3) is 3.51. The number of amides is 1. The Balaban J connectivity index is 0.00000196. The summed E-state index contributed by atoms with van der Waals surface area (Å²) >= 11 is 0. The highest BCUT2D eigenvalue weighted by Gasteiger charge is 2.47. The second-order valence-corrected chi connectivity index (χ2v) is 7.57. The molecule has 2 aliphatic heterocycles. The fourth-order valence-electron chi connectivity index (χ4n) is 4.67. The van der Waals surface area contributed by atoms with Gasteiger partial charge < -0.3 is 4.90 Å². The molecule has 5 nitrogen and oxygen atoms in total. The third-order valence-electron chi connectivity index (χ3n) is 5.94. The molecule has 2 aromatic rings. The predicted octanol–water partition coefficient (Wildman–Crippen LogP) is 2.83. The lowest BCUT2D eigenvalue weighted by atomic mass is 9.88. The zero-order valence-electron chi connectivity index (χ0n) is 15.4. The summed E-state index contributed by atoms with van der Waals surface area (Å²) in [6, 6.07) is 9.11. The van der Waals surface area contributed by atoms with E-state index < -0.39 is 0 Å². The number of rotatable bonds is 4.